The molecule has 0 bridgehead atoms. The van der Waals surface area contributed by atoms with Crippen molar-refractivity contribution in [3.8, 4) is 0 Å². The maximum Gasteiger partial charge on any atom is 0.216 e. The highest BCUT2D eigenvalue weighted by Crippen LogP contribution is 2.14. The van der Waals surface area contributed by atoms with Crippen LogP contribution in [0, 0.1) is 0 Å². The van der Waals surface area contributed by atoms with E-state index >= 15 is 0 Å². The largest absolute Gasteiger partial charge is 0.381 e. The van der Waals surface area contributed by atoms with Gasteiger partial charge >= 0.3 is 0 Å². The van der Waals surface area contributed by atoms with E-state index in [2.05, 4.69) is 15.0 Å². The smallest absolute Gasteiger partial charge is 0.216 e. The molecule has 1 aromatic carbocycles. The van der Waals surface area contributed by atoms with Crippen molar-refractivity contribution < 1.29 is 8.42 Å². The Morgan fingerprint density at radius 3 is 2.39 bits per heavy atom. The van der Waals surface area contributed by atoms with Crippen LogP contribution in [0.3, 0.4) is 0 Å². The van der Waals surface area contributed by atoms with Gasteiger partial charge < -0.3 is 5.32 Å². The molecule has 124 valence electrons. The monoisotopic (exact) mass is 353 g/mol. The summed E-state index contributed by atoms with van der Waals surface area (Å²) < 4.78 is 26.4. The van der Waals surface area contributed by atoms with Gasteiger partial charge in [-0.05, 0) is 37.1 Å². The van der Waals surface area contributed by atoms with E-state index in [9.17, 15) is 8.42 Å². The summed E-state index contributed by atoms with van der Waals surface area (Å²) in [4.78, 5) is 3.92. The second-order valence-electron chi connectivity index (χ2n) is 5.57. The van der Waals surface area contributed by atoms with Crippen LogP contribution in [0.25, 0.3) is 0 Å². The van der Waals surface area contributed by atoms with Gasteiger partial charge in [-0.1, -0.05) is 35.9 Å². The quantitative estimate of drug-likeness (QED) is 0.750. The van der Waals surface area contributed by atoms with Crippen molar-refractivity contribution in [3.63, 3.8) is 0 Å². The third-order valence-corrected chi connectivity index (χ3v) is 4.77. The Kier molecular flexibility index (Phi) is 5.98. The summed E-state index contributed by atoms with van der Waals surface area (Å²) in [7, 11) is -3.29. The minimum absolute atomic E-state index is 0.0150. The van der Waals surface area contributed by atoms with E-state index in [-0.39, 0.29) is 11.8 Å². The highest BCUT2D eigenvalue weighted by atomic mass is 35.5. The van der Waals surface area contributed by atoms with Crippen molar-refractivity contribution in [1.82, 2.24) is 9.71 Å². The fourth-order valence-electron chi connectivity index (χ4n) is 2.09. The standard InChI is InChI=1S/C16H20ClN3O2S/c1-12(2)20-23(21,22)11-14-5-3-13(4-6-14)10-19-15-7-8-18-16(17)9-15/h3-9,12,20H,10-11H2,1-2H3,(H,18,19). The Bertz CT molecular complexity index is 746. The number of benzene rings is 1. The Morgan fingerprint density at radius 2 is 1.78 bits per heavy atom. The lowest BCUT2D eigenvalue weighted by Gasteiger charge is -2.10. The molecular formula is C16H20ClN3O2S. The second-order valence-corrected chi connectivity index (χ2v) is 7.71. The zero-order chi connectivity index (χ0) is 16.9. The summed E-state index contributed by atoms with van der Waals surface area (Å²) in [5, 5.41) is 3.68. The van der Waals surface area contributed by atoms with Crippen LogP contribution in [-0.2, 0) is 22.3 Å². The first kappa shape index (κ1) is 17.7. The van der Waals surface area contributed by atoms with Crippen LogP contribution >= 0.6 is 11.6 Å². The molecular weight excluding hydrogens is 334 g/mol. The Morgan fingerprint density at radius 1 is 1.13 bits per heavy atom. The zero-order valence-corrected chi connectivity index (χ0v) is 14.7. The Balaban J connectivity index is 1.94. The number of nitrogens with zero attached hydrogens (tertiary/aromatic N) is 1. The highest BCUT2D eigenvalue weighted by molar-refractivity contribution is 7.88. The fourth-order valence-corrected chi connectivity index (χ4v) is 3.70. The lowest BCUT2D eigenvalue weighted by molar-refractivity contribution is 0.569. The molecule has 2 aromatic rings. The Hall–Kier alpha value is -1.63. The van der Waals surface area contributed by atoms with Crippen molar-refractivity contribution in [1.29, 1.82) is 0 Å². The van der Waals surface area contributed by atoms with Crippen LogP contribution in [-0.4, -0.2) is 19.4 Å². The van der Waals surface area contributed by atoms with Crippen LogP contribution in [0.5, 0.6) is 0 Å². The van der Waals surface area contributed by atoms with E-state index in [4.69, 9.17) is 11.6 Å². The molecule has 0 saturated heterocycles. The van der Waals surface area contributed by atoms with Gasteiger partial charge in [0.2, 0.25) is 10.0 Å². The summed E-state index contributed by atoms with van der Waals surface area (Å²) in [5.41, 5.74) is 2.70. The molecule has 2 rings (SSSR count). The number of aromatic nitrogens is 1. The molecule has 0 radical (unpaired) electrons. The average molecular weight is 354 g/mol. The van der Waals surface area contributed by atoms with Crippen molar-refractivity contribution in [2.45, 2.75) is 32.2 Å². The number of pyridine rings is 1. The summed E-state index contributed by atoms with van der Waals surface area (Å²) in [5.74, 6) is -0.0150. The number of hydrogen-bond donors (Lipinski definition) is 2. The van der Waals surface area contributed by atoms with Gasteiger partial charge in [0, 0.05) is 24.5 Å². The lowest BCUT2D eigenvalue weighted by Crippen LogP contribution is -2.31. The van der Waals surface area contributed by atoms with Crippen LogP contribution in [0.4, 0.5) is 5.69 Å². The summed E-state index contributed by atoms with van der Waals surface area (Å²) in [6, 6.07) is 11.0. The molecule has 7 heteroatoms. The molecule has 2 N–H and O–H groups in total. The van der Waals surface area contributed by atoms with Crippen molar-refractivity contribution in [2.75, 3.05) is 5.32 Å². The first-order valence-electron chi connectivity index (χ1n) is 7.27. The van der Waals surface area contributed by atoms with E-state index < -0.39 is 10.0 Å². The predicted octanol–water partition coefficient (Wildman–Crippen LogP) is 3.17. The average Bonchev–Trinajstić information content (AvgIpc) is 2.45. The van der Waals surface area contributed by atoms with Gasteiger partial charge in [0.1, 0.15) is 5.15 Å². The van der Waals surface area contributed by atoms with E-state index in [1.165, 1.54) is 0 Å². The number of halogens is 1. The molecule has 0 atom stereocenters. The number of nitrogens with one attached hydrogen (secondary N) is 2. The van der Waals surface area contributed by atoms with Gasteiger partial charge in [-0.2, -0.15) is 0 Å². The number of rotatable bonds is 7. The molecule has 1 aromatic heterocycles. The third kappa shape index (κ3) is 6.17. The fraction of sp³-hybridized carbons (Fsp3) is 0.312. The molecule has 0 saturated carbocycles. The molecule has 0 aliphatic rings. The maximum atomic E-state index is 11.9. The summed E-state index contributed by atoms with van der Waals surface area (Å²) in [6.07, 6.45) is 1.64. The predicted molar refractivity (Wildman–Crippen MR) is 93.9 cm³/mol. The molecule has 1 heterocycles. The molecule has 0 aliphatic heterocycles. The van der Waals surface area contributed by atoms with E-state index in [1.54, 1.807) is 26.1 Å². The molecule has 23 heavy (non-hydrogen) atoms. The van der Waals surface area contributed by atoms with E-state index in [1.807, 2.05) is 30.3 Å². The molecule has 0 fully saturated rings. The van der Waals surface area contributed by atoms with Crippen LogP contribution in [0.2, 0.25) is 5.15 Å². The molecule has 0 spiro atoms. The van der Waals surface area contributed by atoms with Crippen molar-refractivity contribution >= 4 is 27.3 Å². The summed E-state index contributed by atoms with van der Waals surface area (Å²) in [6.45, 7) is 4.23. The Labute approximate surface area is 142 Å². The van der Waals surface area contributed by atoms with E-state index in [0.717, 1.165) is 16.8 Å². The van der Waals surface area contributed by atoms with Crippen molar-refractivity contribution in [3.05, 3.63) is 58.9 Å². The van der Waals surface area contributed by atoms with Crippen LogP contribution < -0.4 is 10.0 Å². The second kappa shape index (κ2) is 7.77. The van der Waals surface area contributed by atoms with Gasteiger partial charge in [0.05, 0.1) is 5.75 Å². The topological polar surface area (TPSA) is 71.1 Å². The van der Waals surface area contributed by atoms with Gasteiger partial charge in [-0.25, -0.2) is 18.1 Å². The number of sulfonamides is 1. The molecule has 0 aliphatic carbocycles. The number of hydrogen-bond acceptors (Lipinski definition) is 4. The first-order chi connectivity index (χ1) is 10.8. The van der Waals surface area contributed by atoms with Crippen LogP contribution in [0.15, 0.2) is 42.6 Å². The zero-order valence-electron chi connectivity index (χ0n) is 13.1. The molecule has 0 amide bonds. The normalized spacial score (nSPS) is 11.7. The first-order valence-corrected chi connectivity index (χ1v) is 9.30. The van der Waals surface area contributed by atoms with Gasteiger partial charge in [0.15, 0.2) is 0 Å². The summed E-state index contributed by atoms with van der Waals surface area (Å²) >= 11 is 5.83. The molecule has 0 unspecified atom stereocenters. The van der Waals surface area contributed by atoms with Crippen molar-refractivity contribution in [2.24, 2.45) is 0 Å². The third-order valence-electron chi connectivity index (χ3n) is 3.02. The van der Waals surface area contributed by atoms with E-state index in [0.29, 0.717) is 11.7 Å². The maximum absolute atomic E-state index is 11.9. The van der Waals surface area contributed by atoms with Gasteiger partial charge in [-0.3, -0.25) is 0 Å². The highest BCUT2D eigenvalue weighted by Gasteiger charge is 2.12. The molecule has 5 nitrogen and oxygen atoms in total. The minimum atomic E-state index is -3.29. The SMILES string of the molecule is CC(C)NS(=O)(=O)Cc1ccc(CNc2ccnc(Cl)c2)cc1. The van der Waals surface area contributed by atoms with Gasteiger partial charge in [-0.15, -0.1) is 0 Å². The minimum Gasteiger partial charge on any atom is -0.381 e. The number of anilines is 1. The van der Waals surface area contributed by atoms with Crippen LogP contribution in [0.1, 0.15) is 25.0 Å². The van der Waals surface area contributed by atoms with Gasteiger partial charge in [0.25, 0.3) is 0 Å². The lowest BCUT2D eigenvalue weighted by atomic mass is 10.1.